The third-order valence-electron chi connectivity index (χ3n) is 9.87. The first-order valence-corrected chi connectivity index (χ1v) is 16.7. The highest BCUT2D eigenvalue weighted by Gasteiger charge is 2.21. The molecule has 0 saturated carbocycles. The number of rotatable bonds is 4. The molecule has 234 valence electrons. The molecular formula is C45H26N2O3. The Morgan fingerprint density at radius 1 is 0.400 bits per heavy atom. The van der Waals surface area contributed by atoms with Crippen molar-refractivity contribution < 1.29 is 13.3 Å². The van der Waals surface area contributed by atoms with Crippen molar-refractivity contribution in [1.29, 1.82) is 0 Å². The second-order valence-electron chi connectivity index (χ2n) is 12.7. The summed E-state index contributed by atoms with van der Waals surface area (Å²) >= 11 is 0. The Labute approximate surface area is 285 Å². The summed E-state index contributed by atoms with van der Waals surface area (Å²) in [6.45, 7) is 0. The molecule has 0 amide bonds. The number of benzene rings is 8. The molecule has 0 saturated heterocycles. The molecular weight excluding hydrogens is 617 g/mol. The van der Waals surface area contributed by atoms with Crippen molar-refractivity contribution in [1.82, 2.24) is 4.98 Å². The lowest BCUT2D eigenvalue weighted by Crippen LogP contribution is -2.09. The molecule has 3 aromatic heterocycles. The van der Waals surface area contributed by atoms with E-state index < -0.39 is 0 Å². The van der Waals surface area contributed by atoms with E-state index in [0.29, 0.717) is 5.89 Å². The Balaban J connectivity index is 1.07. The van der Waals surface area contributed by atoms with Gasteiger partial charge in [-0.15, -0.1) is 0 Å². The van der Waals surface area contributed by atoms with Gasteiger partial charge in [-0.05, 0) is 71.4 Å². The van der Waals surface area contributed by atoms with Crippen molar-refractivity contribution in [3.8, 4) is 11.5 Å². The minimum absolute atomic E-state index is 0.576. The lowest BCUT2D eigenvalue weighted by atomic mass is 10.0. The minimum Gasteiger partial charge on any atom is -0.456 e. The SMILES string of the molecule is c1ccc(N(c2ccc3c(c2)oc2c4ccccc4ccc32)c2ccc3c(c2)oc2cccc(-c4nc5c(ccc6ccccc65)o4)c23)cc1. The summed E-state index contributed by atoms with van der Waals surface area (Å²) in [7, 11) is 0. The molecule has 0 fully saturated rings. The standard InChI is InChI=1S/C45H26N2O3/c1-2-11-29(12-3-1)47(30-19-22-34-35-21-17-28-10-5-7-14-33(28)44(35)49-40(34)25-30)31-20-23-36-41(26-31)48-38-16-8-15-37(42(36)38)45-46-43-32-13-6-4-9-27(32)18-24-39(43)50-45/h1-26H. The van der Waals surface area contributed by atoms with Crippen LogP contribution in [0.1, 0.15) is 0 Å². The number of furan rings is 2. The number of oxazole rings is 1. The van der Waals surface area contributed by atoms with Gasteiger partial charge < -0.3 is 18.2 Å². The molecule has 0 atom stereocenters. The van der Waals surface area contributed by atoms with Crippen LogP contribution in [0.15, 0.2) is 171 Å². The van der Waals surface area contributed by atoms with Crippen LogP contribution in [0, 0.1) is 0 Å². The van der Waals surface area contributed by atoms with Gasteiger partial charge in [0.05, 0.1) is 0 Å². The summed E-state index contributed by atoms with van der Waals surface area (Å²) in [5.74, 6) is 0.576. The lowest BCUT2D eigenvalue weighted by molar-refractivity contribution is 0.620. The van der Waals surface area contributed by atoms with Gasteiger partial charge in [0, 0.05) is 67.1 Å². The molecule has 11 rings (SSSR count). The van der Waals surface area contributed by atoms with Gasteiger partial charge in [-0.2, -0.15) is 0 Å². The van der Waals surface area contributed by atoms with Crippen LogP contribution in [0.5, 0.6) is 0 Å². The van der Waals surface area contributed by atoms with Gasteiger partial charge in [-0.3, -0.25) is 0 Å². The summed E-state index contributed by atoms with van der Waals surface area (Å²) in [5.41, 5.74) is 8.83. The highest BCUT2D eigenvalue weighted by molar-refractivity contribution is 6.16. The van der Waals surface area contributed by atoms with Crippen LogP contribution >= 0.6 is 0 Å². The first-order valence-electron chi connectivity index (χ1n) is 16.7. The molecule has 0 aliphatic rings. The molecule has 0 aliphatic carbocycles. The molecule has 11 aromatic rings. The topological polar surface area (TPSA) is 55.6 Å². The molecule has 0 aliphatic heterocycles. The van der Waals surface area contributed by atoms with E-state index in [4.69, 9.17) is 18.2 Å². The van der Waals surface area contributed by atoms with Gasteiger partial charge in [0.15, 0.2) is 5.58 Å². The van der Waals surface area contributed by atoms with E-state index in [1.54, 1.807) is 0 Å². The van der Waals surface area contributed by atoms with Crippen LogP contribution in [-0.4, -0.2) is 4.98 Å². The average Bonchev–Trinajstić information content (AvgIpc) is 3.88. The van der Waals surface area contributed by atoms with E-state index in [0.717, 1.165) is 99.1 Å². The fourth-order valence-electron chi connectivity index (χ4n) is 7.56. The fourth-order valence-corrected chi connectivity index (χ4v) is 7.56. The summed E-state index contributed by atoms with van der Waals surface area (Å²) in [6, 6.07) is 54.3. The van der Waals surface area contributed by atoms with Gasteiger partial charge in [0.1, 0.15) is 27.8 Å². The van der Waals surface area contributed by atoms with Crippen LogP contribution in [0.4, 0.5) is 17.1 Å². The molecule has 3 heterocycles. The van der Waals surface area contributed by atoms with Crippen LogP contribution < -0.4 is 4.90 Å². The number of hydrogen-bond acceptors (Lipinski definition) is 5. The van der Waals surface area contributed by atoms with E-state index in [2.05, 4.69) is 126 Å². The van der Waals surface area contributed by atoms with Crippen molar-refractivity contribution in [2.75, 3.05) is 4.90 Å². The van der Waals surface area contributed by atoms with Crippen molar-refractivity contribution in [3.05, 3.63) is 158 Å². The number of nitrogens with zero attached hydrogens (tertiary/aromatic N) is 2. The number of aromatic nitrogens is 1. The Bertz CT molecular complexity index is 3110. The second-order valence-corrected chi connectivity index (χ2v) is 12.7. The molecule has 0 N–H and O–H groups in total. The highest BCUT2D eigenvalue weighted by atomic mass is 16.4. The maximum absolute atomic E-state index is 6.58. The summed E-state index contributed by atoms with van der Waals surface area (Å²) < 4.78 is 19.5. The van der Waals surface area contributed by atoms with Crippen LogP contribution in [0.25, 0.3) is 88.0 Å². The van der Waals surface area contributed by atoms with Gasteiger partial charge in [-0.1, -0.05) is 84.9 Å². The van der Waals surface area contributed by atoms with E-state index >= 15 is 0 Å². The summed E-state index contributed by atoms with van der Waals surface area (Å²) in [6.07, 6.45) is 0. The van der Waals surface area contributed by atoms with E-state index in [-0.39, 0.29) is 0 Å². The molecule has 50 heavy (non-hydrogen) atoms. The third-order valence-corrected chi connectivity index (χ3v) is 9.87. The van der Waals surface area contributed by atoms with E-state index in [1.807, 2.05) is 36.4 Å². The van der Waals surface area contributed by atoms with Crippen molar-refractivity contribution in [3.63, 3.8) is 0 Å². The van der Waals surface area contributed by atoms with Gasteiger partial charge >= 0.3 is 0 Å². The van der Waals surface area contributed by atoms with Crippen molar-refractivity contribution in [2.45, 2.75) is 0 Å². The number of anilines is 3. The van der Waals surface area contributed by atoms with E-state index in [9.17, 15) is 0 Å². The maximum Gasteiger partial charge on any atom is 0.228 e. The van der Waals surface area contributed by atoms with Crippen LogP contribution in [0.3, 0.4) is 0 Å². The average molecular weight is 643 g/mol. The Hall–Kier alpha value is -6.85. The molecule has 0 bridgehead atoms. The van der Waals surface area contributed by atoms with E-state index in [1.165, 1.54) is 0 Å². The Morgan fingerprint density at radius 3 is 1.92 bits per heavy atom. The van der Waals surface area contributed by atoms with Crippen molar-refractivity contribution >= 4 is 93.6 Å². The number of fused-ring (bicyclic) bond motifs is 11. The maximum atomic E-state index is 6.58. The predicted molar refractivity (Wildman–Crippen MR) is 204 cm³/mol. The third kappa shape index (κ3) is 3.98. The zero-order chi connectivity index (χ0) is 32.8. The number of para-hydroxylation sites is 1. The Morgan fingerprint density at radius 2 is 1.08 bits per heavy atom. The summed E-state index contributed by atoms with van der Waals surface area (Å²) in [5, 5.41) is 8.67. The molecule has 5 nitrogen and oxygen atoms in total. The normalized spacial score (nSPS) is 12.0. The van der Waals surface area contributed by atoms with Gasteiger partial charge in [0.2, 0.25) is 5.89 Å². The monoisotopic (exact) mass is 642 g/mol. The largest absolute Gasteiger partial charge is 0.456 e. The van der Waals surface area contributed by atoms with Gasteiger partial charge in [-0.25, -0.2) is 4.98 Å². The summed E-state index contributed by atoms with van der Waals surface area (Å²) in [4.78, 5) is 7.24. The predicted octanol–water partition coefficient (Wildman–Crippen LogP) is 13.1. The molecule has 0 spiro atoms. The molecule has 5 heteroatoms. The smallest absolute Gasteiger partial charge is 0.228 e. The fraction of sp³-hybridized carbons (Fsp3) is 0. The van der Waals surface area contributed by atoms with Crippen LogP contribution in [-0.2, 0) is 0 Å². The van der Waals surface area contributed by atoms with Gasteiger partial charge in [0.25, 0.3) is 0 Å². The van der Waals surface area contributed by atoms with Crippen molar-refractivity contribution in [2.24, 2.45) is 0 Å². The lowest BCUT2D eigenvalue weighted by Gasteiger charge is -2.25. The number of hydrogen-bond donors (Lipinski definition) is 0. The minimum atomic E-state index is 0.576. The van der Waals surface area contributed by atoms with Crippen LogP contribution in [0.2, 0.25) is 0 Å². The quantitative estimate of drug-likeness (QED) is 0.191. The molecule has 8 aromatic carbocycles. The first kappa shape index (κ1) is 27.1. The molecule has 0 radical (unpaired) electrons. The highest BCUT2D eigenvalue weighted by Crippen LogP contribution is 2.43. The zero-order valence-corrected chi connectivity index (χ0v) is 26.6. The first-order chi connectivity index (χ1) is 24.8. The zero-order valence-electron chi connectivity index (χ0n) is 26.6. The Kier molecular flexibility index (Phi) is 5.60. The second kappa shape index (κ2) is 10.3. The molecule has 0 unspecified atom stereocenters.